The summed E-state index contributed by atoms with van der Waals surface area (Å²) in [6.07, 6.45) is 3.13. The van der Waals surface area contributed by atoms with Gasteiger partial charge >= 0.3 is 5.97 Å². The van der Waals surface area contributed by atoms with Gasteiger partial charge in [0.2, 0.25) is 0 Å². The van der Waals surface area contributed by atoms with E-state index in [0.29, 0.717) is 12.2 Å². The van der Waals surface area contributed by atoms with Gasteiger partial charge in [-0.25, -0.2) is 4.79 Å². The molecule has 0 aliphatic carbocycles. The molecule has 0 aromatic carbocycles. The van der Waals surface area contributed by atoms with Crippen molar-refractivity contribution in [3.05, 3.63) is 12.2 Å². The van der Waals surface area contributed by atoms with Gasteiger partial charge in [-0.15, -0.1) is 0 Å². The monoisotopic (exact) mass is 172 g/mol. The Morgan fingerprint density at radius 2 is 2.08 bits per heavy atom. The Bertz CT molecular complexity index is 152. The molecule has 0 aromatic rings. The summed E-state index contributed by atoms with van der Waals surface area (Å²) < 4.78 is 0. The lowest BCUT2D eigenvalue weighted by Crippen LogP contribution is -2.06. The lowest BCUT2D eigenvalue weighted by atomic mass is 10.3. The molecular weight excluding hydrogens is 156 g/mol. The minimum Gasteiger partial charge on any atom is -0.293 e. The molecule has 0 saturated carbocycles. The third kappa shape index (κ3) is 5.92. The van der Waals surface area contributed by atoms with Crippen molar-refractivity contribution in [1.29, 1.82) is 0 Å². The molecule has 0 aromatic heterocycles. The fraction of sp³-hybridized carbons (Fsp3) is 0.667. The van der Waals surface area contributed by atoms with Gasteiger partial charge in [-0.05, 0) is 13.3 Å². The fourth-order valence-electron chi connectivity index (χ4n) is 0.577. The average Bonchev–Trinajstić information content (AvgIpc) is 2.03. The van der Waals surface area contributed by atoms with Gasteiger partial charge in [0.05, 0.1) is 6.61 Å². The molecule has 12 heavy (non-hydrogen) atoms. The summed E-state index contributed by atoms with van der Waals surface area (Å²) in [5.74, 6) is -0.494. The lowest BCUT2D eigenvalue weighted by molar-refractivity contribution is -0.268. The van der Waals surface area contributed by atoms with Crippen LogP contribution in [0.25, 0.3) is 0 Å². The maximum absolute atomic E-state index is 10.7. The van der Waals surface area contributed by atoms with Gasteiger partial charge in [0.25, 0.3) is 0 Å². The van der Waals surface area contributed by atoms with Crippen molar-refractivity contribution in [1.82, 2.24) is 0 Å². The first-order valence-corrected chi connectivity index (χ1v) is 4.17. The maximum atomic E-state index is 10.7. The Hall–Kier alpha value is -0.830. The Morgan fingerprint density at radius 1 is 1.42 bits per heavy atom. The number of unbranched alkanes of at least 4 members (excludes halogenated alkanes) is 2. The molecule has 70 valence electrons. The second kappa shape index (κ2) is 6.85. The van der Waals surface area contributed by atoms with Crippen molar-refractivity contribution < 1.29 is 14.6 Å². The first-order valence-electron chi connectivity index (χ1n) is 4.17. The summed E-state index contributed by atoms with van der Waals surface area (Å²) in [6.45, 7) is 7.56. The van der Waals surface area contributed by atoms with Crippen LogP contribution < -0.4 is 0 Å². The summed E-state index contributed by atoms with van der Waals surface area (Å²) in [5, 5.41) is 0. The van der Waals surface area contributed by atoms with E-state index in [0.717, 1.165) is 19.3 Å². The fourth-order valence-corrected chi connectivity index (χ4v) is 0.577. The van der Waals surface area contributed by atoms with E-state index in [4.69, 9.17) is 0 Å². The van der Waals surface area contributed by atoms with Crippen LogP contribution in [0.2, 0.25) is 0 Å². The molecule has 3 heteroatoms. The quantitative estimate of drug-likeness (QED) is 0.267. The highest BCUT2D eigenvalue weighted by Crippen LogP contribution is 1.97. The summed E-state index contributed by atoms with van der Waals surface area (Å²) in [6, 6.07) is 0. The maximum Gasteiger partial charge on any atom is 0.368 e. The molecule has 0 spiro atoms. The summed E-state index contributed by atoms with van der Waals surface area (Å²) >= 11 is 0. The van der Waals surface area contributed by atoms with Crippen LogP contribution >= 0.6 is 0 Å². The first kappa shape index (κ1) is 11.2. The zero-order chi connectivity index (χ0) is 9.40. The van der Waals surface area contributed by atoms with Gasteiger partial charge in [0.1, 0.15) is 0 Å². The highest BCUT2D eigenvalue weighted by atomic mass is 17.2. The van der Waals surface area contributed by atoms with Crippen molar-refractivity contribution in [3.8, 4) is 0 Å². The van der Waals surface area contributed by atoms with Crippen LogP contribution in [-0.2, 0) is 14.6 Å². The molecule has 0 fully saturated rings. The van der Waals surface area contributed by atoms with Gasteiger partial charge in [-0.1, -0.05) is 26.3 Å². The number of hydrogen-bond acceptors (Lipinski definition) is 3. The first-order chi connectivity index (χ1) is 5.68. The minimum atomic E-state index is -0.494. The normalized spacial score (nSPS) is 9.50. The molecule has 0 unspecified atom stereocenters. The van der Waals surface area contributed by atoms with Crippen molar-refractivity contribution >= 4 is 5.97 Å². The van der Waals surface area contributed by atoms with Crippen molar-refractivity contribution in [3.63, 3.8) is 0 Å². The molecule has 0 rings (SSSR count). The highest BCUT2D eigenvalue weighted by Gasteiger charge is 2.02. The van der Waals surface area contributed by atoms with E-state index in [1.807, 2.05) is 0 Å². The molecule has 0 saturated heterocycles. The van der Waals surface area contributed by atoms with Crippen LogP contribution in [0.1, 0.15) is 33.1 Å². The Morgan fingerprint density at radius 3 is 2.58 bits per heavy atom. The lowest BCUT2D eigenvalue weighted by Gasteiger charge is -2.01. The molecule has 0 heterocycles. The Kier molecular flexibility index (Phi) is 6.38. The van der Waals surface area contributed by atoms with Crippen molar-refractivity contribution in [2.75, 3.05) is 6.61 Å². The van der Waals surface area contributed by atoms with Crippen LogP contribution in [0.4, 0.5) is 0 Å². The van der Waals surface area contributed by atoms with E-state index in [2.05, 4.69) is 23.3 Å². The third-order valence-electron chi connectivity index (χ3n) is 1.31. The average molecular weight is 172 g/mol. The van der Waals surface area contributed by atoms with Gasteiger partial charge in [-0.2, -0.15) is 4.89 Å². The molecule has 0 bridgehead atoms. The molecular formula is C9H16O3. The van der Waals surface area contributed by atoms with E-state index in [-0.39, 0.29) is 0 Å². The predicted molar refractivity (Wildman–Crippen MR) is 46.4 cm³/mol. The molecule has 0 aliphatic rings. The summed E-state index contributed by atoms with van der Waals surface area (Å²) in [4.78, 5) is 19.8. The second-order valence-corrected chi connectivity index (χ2v) is 2.68. The van der Waals surface area contributed by atoms with Crippen LogP contribution in [0.3, 0.4) is 0 Å². The Balaban J connectivity index is 3.20. The van der Waals surface area contributed by atoms with Gasteiger partial charge in [0.15, 0.2) is 0 Å². The molecule has 0 aliphatic heterocycles. The predicted octanol–water partition coefficient (Wildman–Crippen LogP) is 2.23. The van der Waals surface area contributed by atoms with E-state index in [9.17, 15) is 4.79 Å². The van der Waals surface area contributed by atoms with Gasteiger partial charge in [-0.3, -0.25) is 4.89 Å². The summed E-state index contributed by atoms with van der Waals surface area (Å²) in [5.41, 5.74) is 0.352. The standard InChI is InChI=1S/C9H16O3/c1-4-5-6-7-11-12-9(10)8(2)3/h2,4-7H2,1,3H3. The van der Waals surface area contributed by atoms with Crippen molar-refractivity contribution in [2.24, 2.45) is 0 Å². The van der Waals surface area contributed by atoms with Crippen LogP contribution in [-0.4, -0.2) is 12.6 Å². The van der Waals surface area contributed by atoms with Crippen molar-refractivity contribution in [2.45, 2.75) is 33.1 Å². The Labute approximate surface area is 73.3 Å². The summed E-state index contributed by atoms with van der Waals surface area (Å²) in [7, 11) is 0. The van der Waals surface area contributed by atoms with E-state index >= 15 is 0 Å². The van der Waals surface area contributed by atoms with E-state index in [1.54, 1.807) is 6.92 Å². The zero-order valence-corrected chi connectivity index (χ0v) is 7.76. The van der Waals surface area contributed by atoms with E-state index < -0.39 is 5.97 Å². The highest BCUT2D eigenvalue weighted by molar-refractivity contribution is 5.86. The molecule has 3 nitrogen and oxygen atoms in total. The second-order valence-electron chi connectivity index (χ2n) is 2.68. The van der Waals surface area contributed by atoms with Gasteiger partial charge < -0.3 is 0 Å². The molecule has 0 atom stereocenters. The van der Waals surface area contributed by atoms with Crippen LogP contribution in [0, 0.1) is 0 Å². The topological polar surface area (TPSA) is 35.5 Å². The van der Waals surface area contributed by atoms with Crippen LogP contribution in [0.5, 0.6) is 0 Å². The van der Waals surface area contributed by atoms with E-state index in [1.165, 1.54) is 0 Å². The zero-order valence-electron chi connectivity index (χ0n) is 7.76. The number of carbonyl (C=O) groups is 1. The SMILES string of the molecule is C=C(C)C(=O)OOCCCCC. The smallest absolute Gasteiger partial charge is 0.293 e. The van der Waals surface area contributed by atoms with Crippen LogP contribution in [0.15, 0.2) is 12.2 Å². The minimum absolute atomic E-state index is 0.352. The number of rotatable bonds is 6. The molecule has 0 amide bonds. The number of carbonyl (C=O) groups excluding carboxylic acids is 1. The van der Waals surface area contributed by atoms with Gasteiger partial charge in [0, 0.05) is 5.57 Å². The molecule has 0 N–H and O–H groups in total. The molecule has 0 radical (unpaired) electrons. The third-order valence-corrected chi connectivity index (χ3v) is 1.31. The number of hydrogen-bond donors (Lipinski definition) is 0. The largest absolute Gasteiger partial charge is 0.368 e.